The average molecular weight is 240 g/mol. The zero-order chi connectivity index (χ0) is 12.4. The van der Waals surface area contributed by atoms with E-state index in [0.29, 0.717) is 6.54 Å². The van der Waals surface area contributed by atoms with E-state index in [-0.39, 0.29) is 23.9 Å². The van der Waals surface area contributed by atoms with Gasteiger partial charge in [0.2, 0.25) is 5.91 Å². The summed E-state index contributed by atoms with van der Waals surface area (Å²) in [5, 5.41) is 5.12. The normalized spacial score (nSPS) is 18.9. The Morgan fingerprint density at radius 1 is 1.35 bits per heavy atom. The summed E-state index contributed by atoms with van der Waals surface area (Å²) < 4.78 is 25.6. The van der Waals surface area contributed by atoms with E-state index < -0.39 is 17.5 Å². The fourth-order valence-corrected chi connectivity index (χ4v) is 1.61. The highest BCUT2D eigenvalue weighted by Crippen LogP contribution is 2.09. The molecule has 6 heteroatoms. The minimum atomic E-state index is -1.07. The smallest absolute Gasteiger partial charge is 0.251 e. The van der Waals surface area contributed by atoms with Crippen LogP contribution in [0.4, 0.5) is 8.78 Å². The van der Waals surface area contributed by atoms with Crippen LogP contribution in [0.15, 0.2) is 18.2 Å². The van der Waals surface area contributed by atoms with Crippen LogP contribution in [0.5, 0.6) is 0 Å². The number of hydrogen-bond acceptors (Lipinski definition) is 2. The first-order chi connectivity index (χ1) is 8.06. The Labute approximate surface area is 96.0 Å². The van der Waals surface area contributed by atoms with Crippen LogP contribution in [0.2, 0.25) is 0 Å². The molecule has 1 fully saturated rings. The predicted octanol–water partition coefficient (Wildman–Crippen LogP) is 0.583. The predicted molar refractivity (Wildman–Crippen MR) is 55.2 cm³/mol. The van der Waals surface area contributed by atoms with Crippen molar-refractivity contribution in [1.29, 1.82) is 0 Å². The second kappa shape index (κ2) is 4.48. The third kappa shape index (κ3) is 2.58. The van der Waals surface area contributed by atoms with Crippen LogP contribution in [-0.2, 0) is 4.79 Å². The van der Waals surface area contributed by atoms with Gasteiger partial charge in [0.25, 0.3) is 5.91 Å². The standard InChI is InChI=1S/C11H10F2N2O2/c12-8-2-1-6(3-9(8)13)11(17)15-7-4-10(16)14-5-7/h1-3,7H,4-5H2,(H,14,16)(H,15,17). The summed E-state index contributed by atoms with van der Waals surface area (Å²) in [4.78, 5) is 22.5. The summed E-state index contributed by atoms with van der Waals surface area (Å²) in [7, 11) is 0. The van der Waals surface area contributed by atoms with Crippen molar-refractivity contribution in [3.63, 3.8) is 0 Å². The van der Waals surface area contributed by atoms with Crippen LogP contribution in [0.3, 0.4) is 0 Å². The Bertz CT molecular complexity index is 477. The molecule has 17 heavy (non-hydrogen) atoms. The van der Waals surface area contributed by atoms with Crippen LogP contribution in [0, 0.1) is 11.6 Å². The number of hydrogen-bond donors (Lipinski definition) is 2. The molecule has 90 valence electrons. The Balaban J connectivity index is 2.04. The number of carbonyl (C=O) groups is 2. The van der Waals surface area contributed by atoms with Crippen molar-refractivity contribution in [2.24, 2.45) is 0 Å². The summed E-state index contributed by atoms with van der Waals surface area (Å²) in [5.41, 5.74) is 0.0308. The van der Waals surface area contributed by atoms with Crippen LogP contribution < -0.4 is 10.6 Å². The Hall–Kier alpha value is -1.98. The van der Waals surface area contributed by atoms with Crippen molar-refractivity contribution in [2.45, 2.75) is 12.5 Å². The van der Waals surface area contributed by atoms with Crippen molar-refractivity contribution in [3.05, 3.63) is 35.4 Å². The van der Waals surface area contributed by atoms with E-state index in [2.05, 4.69) is 10.6 Å². The van der Waals surface area contributed by atoms with Gasteiger partial charge in [-0.2, -0.15) is 0 Å². The van der Waals surface area contributed by atoms with E-state index in [4.69, 9.17) is 0 Å². The molecule has 0 radical (unpaired) electrons. The average Bonchev–Trinajstić information content (AvgIpc) is 2.68. The summed E-state index contributed by atoms with van der Waals surface area (Å²) in [6.07, 6.45) is 0.204. The highest BCUT2D eigenvalue weighted by Gasteiger charge is 2.23. The molecule has 2 rings (SSSR count). The van der Waals surface area contributed by atoms with Gasteiger partial charge in [0.05, 0.1) is 6.04 Å². The van der Waals surface area contributed by atoms with Gasteiger partial charge in [-0.15, -0.1) is 0 Å². The largest absolute Gasteiger partial charge is 0.354 e. The lowest BCUT2D eigenvalue weighted by Gasteiger charge is -2.10. The zero-order valence-electron chi connectivity index (χ0n) is 8.80. The molecule has 1 aliphatic heterocycles. The Morgan fingerprint density at radius 3 is 2.71 bits per heavy atom. The van der Waals surface area contributed by atoms with E-state index in [1.165, 1.54) is 6.07 Å². The molecule has 1 unspecified atom stereocenters. The van der Waals surface area contributed by atoms with Gasteiger partial charge < -0.3 is 10.6 Å². The molecule has 0 saturated carbocycles. The van der Waals surface area contributed by atoms with Gasteiger partial charge >= 0.3 is 0 Å². The number of carbonyl (C=O) groups excluding carboxylic acids is 2. The first-order valence-electron chi connectivity index (χ1n) is 5.09. The molecular weight excluding hydrogens is 230 g/mol. The molecule has 1 aromatic rings. The lowest BCUT2D eigenvalue weighted by molar-refractivity contribution is -0.119. The molecule has 4 nitrogen and oxygen atoms in total. The topological polar surface area (TPSA) is 58.2 Å². The molecular formula is C11H10F2N2O2. The van der Waals surface area contributed by atoms with Gasteiger partial charge in [0.15, 0.2) is 11.6 Å². The van der Waals surface area contributed by atoms with Gasteiger partial charge in [-0.05, 0) is 18.2 Å². The highest BCUT2D eigenvalue weighted by molar-refractivity contribution is 5.95. The van der Waals surface area contributed by atoms with Crippen molar-refractivity contribution >= 4 is 11.8 Å². The number of amides is 2. The van der Waals surface area contributed by atoms with E-state index in [1.807, 2.05) is 0 Å². The van der Waals surface area contributed by atoms with E-state index in [1.54, 1.807) is 0 Å². The van der Waals surface area contributed by atoms with Gasteiger partial charge in [0, 0.05) is 18.5 Å². The van der Waals surface area contributed by atoms with Crippen molar-refractivity contribution < 1.29 is 18.4 Å². The summed E-state index contributed by atoms with van der Waals surface area (Å²) in [6.45, 7) is 0.355. The van der Waals surface area contributed by atoms with E-state index in [9.17, 15) is 18.4 Å². The van der Waals surface area contributed by atoms with E-state index in [0.717, 1.165) is 12.1 Å². The lowest BCUT2D eigenvalue weighted by atomic mass is 10.1. The monoisotopic (exact) mass is 240 g/mol. The van der Waals surface area contributed by atoms with E-state index >= 15 is 0 Å². The minimum absolute atomic E-state index is 0.0308. The minimum Gasteiger partial charge on any atom is -0.354 e. The van der Waals surface area contributed by atoms with Gasteiger partial charge in [0.1, 0.15) is 0 Å². The number of benzene rings is 1. The number of rotatable bonds is 2. The first kappa shape index (κ1) is 11.5. The molecule has 0 aromatic heterocycles. The Morgan fingerprint density at radius 2 is 2.12 bits per heavy atom. The molecule has 0 aliphatic carbocycles. The molecule has 1 atom stereocenters. The fraction of sp³-hybridized carbons (Fsp3) is 0.273. The second-order valence-corrected chi connectivity index (χ2v) is 3.81. The van der Waals surface area contributed by atoms with Crippen molar-refractivity contribution in [2.75, 3.05) is 6.54 Å². The van der Waals surface area contributed by atoms with Crippen LogP contribution in [0.25, 0.3) is 0 Å². The summed E-state index contributed by atoms with van der Waals surface area (Å²) in [5.74, 6) is -2.73. The molecule has 2 amide bonds. The molecule has 1 aromatic carbocycles. The van der Waals surface area contributed by atoms with Gasteiger partial charge in [-0.25, -0.2) is 8.78 Å². The zero-order valence-corrected chi connectivity index (χ0v) is 8.80. The van der Waals surface area contributed by atoms with Crippen LogP contribution >= 0.6 is 0 Å². The van der Waals surface area contributed by atoms with Gasteiger partial charge in [-0.1, -0.05) is 0 Å². The maximum Gasteiger partial charge on any atom is 0.251 e. The maximum atomic E-state index is 12.9. The molecule has 0 spiro atoms. The fourth-order valence-electron chi connectivity index (χ4n) is 1.61. The summed E-state index contributed by atoms with van der Waals surface area (Å²) in [6, 6.07) is 2.61. The number of halogens is 2. The lowest BCUT2D eigenvalue weighted by Crippen LogP contribution is -2.36. The van der Waals surface area contributed by atoms with Crippen molar-refractivity contribution in [3.8, 4) is 0 Å². The summed E-state index contributed by atoms with van der Waals surface area (Å²) >= 11 is 0. The maximum absolute atomic E-state index is 12.9. The quantitative estimate of drug-likeness (QED) is 0.794. The third-order valence-electron chi connectivity index (χ3n) is 2.49. The SMILES string of the molecule is O=C1CC(NC(=O)c2ccc(F)c(F)c2)CN1. The highest BCUT2D eigenvalue weighted by atomic mass is 19.2. The third-order valence-corrected chi connectivity index (χ3v) is 2.49. The van der Waals surface area contributed by atoms with Crippen LogP contribution in [0.1, 0.15) is 16.8 Å². The molecule has 1 aliphatic rings. The van der Waals surface area contributed by atoms with Gasteiger partial charge in [-0.3, -0.25) is 9.59 Å². The first-order valence-corrected chi connectivity index (χ1v) is 5.09. The molecule has 1 saturated heterocycles. The van der Waals surface area contributed by atoms with Crippen molar-refractivity contribution in [1.82, 2.24) is 10.6 Å². The van der Waals surface area contributed by atoms with Crippen LogP contribution in [-0.4, -0.2) is 24.4 Å². The molecule has 0 bridgehead atoms. The number of nitrogens with one attached hydrogen (secondary N) is 2. The molecule has 2 N–H and O–H groups in total. The Kier molecular flexibility index (Phi) is 3.03. The second-order valence-electron chi connectivity index (χ2n) is 3.81. The molecule has 1 heterocycles.